The summed E-state index contributed by atoms with van der Waals surface area (Å²) in [5.41, 5.74) is 0. The SMILES string of the molecule is C=CCN(C)C.N#CS.O=C(O)C(=O)O. The summed E-state index contributed by atoms with van der Waals surface area (Å²) in [6.07, 6.45) is 1.88. The van der Waals surface area contributed by atoms with E-state index in [9.17, 15) is 0 Å². The Morgan fingerprint density at radius 1 is 1.47 bits per heavy atom. The molecule has 7 heteroatoms. The summed E-state index contributed by atoms with van der Waals surface area (Å²) in [5.74, 6) is -3.65. The molecule has 6 nitrogen and oxygen atoms in total. The molecule has 0 unspecified atom stereocenters. The lowest BCUT2D eigenvalue weighted by atomic mass is 10.6. The summed E-state index contributed by atoms with van der Waals surface area (Å²) < 4.78 is 0. The molecule has 0 aliphatic rings. The predicted molar refractivity (Wildman–Crippen MR) is 58.6 cm³/mol. The van der Waals surface area contributed by atoms with E-state index in [1.165, 1.54) is 5.40 Å². The van der Waals surface area contributed by atoms with Crippen molar-refractivity contribution in [1.29, 1.82) is 5.26 Å². The molecule has 0 saturated heterocycles. The first-order chi connectivity index (χ1) is 6.83. The molecule has 0 radical (unpaired) electrons. The van der Waals surface area contributed by atoms with E-state index >= 15 is 0 Å². The van der Waals surface area contributed by atoms with Crippen LogP contribution >= 0.6 is 12.6 Å². The fourth-order valence-electron chi connectivity index (χ4n) is 0.258. The third-order valence-corrected chi connectivity index (χ3v) is 0.677. The molecule has 0 bridgehead atoms. The van der Waals surface area contributed by atoms with Gasteiger partial charge in [0.2, 0.25) is 0 Å². The standard InChI is InChI=1S/C5H11N.C2H2O4.CHNS/c1-4-5-6(2)3;3-1(4)2(5)6;2-1-3/h4H,1,5H2,2-3H3;(H,3,4)(H,5,6);3H. The number of rotatable bonds is 2. The van der Waals surface area contributed by atoms with Crippen LogP contribution in [0.2, 0.25) is 0 Å². The number of nitriles is 1. The van der Waals surface area contributed by atoms with Gasteiger partial charge in [-0.1, -0.05) is 18.7 Å². The van der Waals surface area contributed by atoms with Gasteiger partial charge in [0.15, 0.2) is 0 Å². The Morgan fingerprint density at radius 2 is 1.73 bits per heavy atom. The molecule has 0 spiro atoms. The first-order valence-corrected chi connectivity index (χ1v) is 4.03. The fraction of sp³-hybridized carbons (Fsp3) is 0.375. The highest BCUT2D eigenvalue weighted by Gasteiger charge is 2.04. The summed E-state index contributed by atoms with van der Waals surface area (Å²) in [6.45, 7) is 4.53. The van der Waals surface area contributed by atoms with E-state index in [-0.39, 0.29) is 0 Å². The summed E-state index contributed by atoms with van der Waals surface area (Å²) in [4.78, 5) is 20.3. The van der Waals surface area contributed by atoms with Crippen molar-refractivity contribution in [1.82, 2.24) is 4.90 Å². The molecular weight excluding hydrogens is 220 g/mol. The van der Waals surface area contributed by atoms with Gasteiger partial charge in [-0.05, 0) is 14.1 Å². The molecule has 0 atom stereocenters. The lowest BCUT2D eigenvalue weighted by molar-refractivity contribution is -0.159. The van der Waals surface area contributed by atoms with Gasteiger partial charge in [-0.2, -0.15) is 5.26 Å². The van der Waals surface area contributed by atoms with Gasteiger partial charge >= 0.3 is 11.9 Å². The van der Waals surface area contributed by atoms with Crippen LogP contribution in [-0.4, -0.2) is 47.7 Å². The van der Waals surface area contributed by atoms with Crippen molar-refractivity contribution in [3.8, 4) is 5.40 Å². The highest BCUT2D eigenvalue weighted by atomic mass is 32.1. The van der Waals surface area contributed by atoms with Gasteiger partial charge < -0.3 is 15.1 Å². The third-order valence-electron chi connectivity index (χ3n) is 0.677. The molecule has 0 aromatic rings. The van der Waals surface area contributed by atoms with Crippen LogP contribution in [0.5, 0.6) is 0 Å². The molecular formula is C8H14N2O4S. The maximum atomic E-state index is 9.10. The van der Waals surface area contributed by atoms with Crippen LogP contribution < -0.4 is 0 Å². The Labute approximate surface area is 93.8 Å². The van der Waals surface area contributed by atoms with Crippen LogP contribution in [0.3, 0.4) is 0 Å². The number of hydrogen-bond donors (Lipinski definition) is 3. The molecule has 86 valence electrons. The van der Waals surface area contributed by atoms with Crippen molar-refractivity contribution >= 4 is 24.6 Å². The van der Waals surface area contributed by atoms with E-state index in [2.05, 4.69) is 24.1 Å². The number of thiol groups is 1. The second kappa shape index (κ2) is 15.0. The van der Waals surface area contributed by atoms with E-state index in [0.717, 1.165) is 6.54 Å². The molecule has 0 amide bonds. The smallest absolute Gasteiger partial charge is 0.414 e. The Balaban J connectivity index is -0.000000153. The molecule has 0 rings (SSSR count). The van der Waals surface area contributed by atoms with E-state index in [0.29, 0.717) is 0 Å². The van der Waals surface area contributed by atoms with Crippen molar-refractivity contribution in [3.05, 3.63) is 12.7 Å². The summed E-state index contributed by atoms with van der Waals surface area (Å²) in [5, 5.41) is 23.4. The van der Waals surface area contributed by atoms with Crippen LogP contribution in [-0.2, 0) is 9.59 Å². The molecule has 0 saturated carbocycles. The minimum atomic E-state index is -1.82. The van der Waals surface area contributed by atoms with Crippen LogP contribution in [0.15, 0.2) is 12.7 Å². The van der Waals surface area contributed by atoms with Crippen molar-refractivity contribution < 1.29 is 19.8 Å². The molecule has 0 fully saturated rings. The topological polar surface area (TPSA) is 102 Å². The number of carbonyl (C=O) groups is 2. The quantitative estimate of drug-likeness (QED) is 0.275. The van der Waals surface area contributed by atoms with E-state index in [1.807, 2.05) is 20.2 Å². The van der Waals surface area contributed by atoms with Crippen molar-refractivity contribution in [2.45, 2.75) is 0 Å². The second-order valence-electron chi connectivity index (χ2n) is 2.26. The number of carboxylic acid groups (broad SMARTS) is 2. The maximum Gasteiger partial charge on any atom is 0.414 e. The van der Waals surface area contributed by atoms with Gasteiger partial charge in [-0.15, -0.1) is 6.58 Å². The summed E-state index contributed by atoms with van der Waals surface area (Å²) in [7, 11) is 4.03. The predicted octanol–water partition coefficient (Wildman–Crippen LogP) is 0.287. The van der Waals surface area contributed by atoms with Crippen LogP contribution in [0, 0.1) is 10.7 Å². The second-order valence-corrected chi connectivity index (χ2v) is 2.46. The zero-order chi connectivity index (χ0) is 12.9. The molecule has 2 N–H and O–H groups in total. The lowest BCUT2D eigenvalue weighted by Gasteiger charge is -2.01. The highest BCUT2D eigenvalue weighted by molar-refractivity contribution is 7.85. The van der Waals surface area contributed by atoms with Crippen molar-refractivity contribution in [3.63, 3.8) is 0 Å². The van der Waals surface area contributed by atoms with E-state index in [4.69, 9.17) is 25.1 Å². The molecule has 0 heterocycles. The average molecular weight is 234 g/mol. The van der Waals surface area contributed by atoms with E-state index in [1.54, 1.807) is 0 Å². The number of carboxylic acids is 2. The fourth-order valence-corrected chi connectivity index (χ4v) is 0.258. The zero-order valence-corrected chi connectivity index (χ0v) is 9.44. The van der Waals surface area contributed by atoms with Crippen LogP contribution in [0.25, 0.3) is 0 Å². The van der Waals surface area contributed by atoms with Crippen molar-refractivity contribution in [2.24, 2.45) is 0 Å². The number of hydrogen-bond acceptors (Lipinski definition) is 5. The van der Waals surface area contributed by atoms with Gasteiger partial charge in [-0.3, -0.25) is 0 Å². The summed E-state index contributed by atoms with van der Waals surface area (Å²) in [6, 6.07) is 0. The van der Waals surface area contributed by atoms with Crippen molar-refractivity contribution in [2.75, 3.05) is 20.6 Å². The Bertz CT molecular complexity index is 223. The van der Waals surface area contributed by atoms with Crippen LogP contribution in [0.4, 0.5) is 0 Å². The Kier molecular flexibility index (Phi) is 19.1. The number of thiocyanates is 1. The minimum Gasteiger partial charge on any atom is -0.473 e. The average Bonchev–Trinajstić information content (AvgIpc) is 2.05. The number of aliphatic carboxylic acids is 2. The summed E-state index contributed by atoms with van der Waals surface area (Å²) >= 11 is 3.09. The molecule has 0 aliphatic carbocycles. The van der Waals surface area contributed by atoms with Gasteiger partial charge in [-0.25, -0.2) is 9.59 Å². The molecule has 15 heavy (non-hydrogen) atoms. The number of likely N-dealkylation sites (N-methyl/N-ethyl adjacent to an activating group) is 1. The molecule has 0 aliphatic heterocycles. The monoisotopic (exact) mass is 234 g/mol. The first-order valence-electron chi connectivity index (χ1n) is 3.58. The first kappa shape index (κ1) is 19.1. The zero-order valence-electron chi connectivity index (χ0n) is 8.54. The lowest BCUT2D eigenvalue weighted by Crippen LogP contribution is -2.09. The molecule has 0 aromatic carbocycles. The number of nitrogens with zero attached hydrogens (tertiary/aromatic N) is 2. The largest absolute Gasteiger partial charge is 0.473 e. The highest BCUT2D eigenvalue weighted by Crippen LogP contribution is 1.69. The van der Waals surface area contributed by atoms with Gasteiger partial charge in [0, 0.05) is 6.54 Å². The molecule has 0 aromatic heterocycles. The van der Waals surface area contributed by atoms with Crippen LogP contribution in [0.1, 0.15) is 0 Å². The Hall–Kier alpha value is -1.52. The van der Waals surface area contributed by atoms with Gasteiger partial charge in [0.05, 0.1) is 0 Å². The van der Waals surface area contributed by atoms with Gasteiger partial charge in [0.1, 0.15) is 5.40 Å². The van der Waals surface area contributed by atoms with E-state index < -0.39 is 11.9 Å². The Morgan fingerprint density at radius 3 is 1.73 bits per heavy atom. The maximum absolute atomic E-state index is 9.10. The normalized spacial score (nSPS) is 7.13. The minimum absolute atomic E-state index is 0.972. The third kappa shape index (κ3) is 45.6. The van der Waals surface area contributed by atoms with Gasteiger partial charge in [0.25, 0.3) is 0 Å².